The minimum absolute atomic E-state index is 0.0622. The summed E-state index contributed by atoms with van der Waals surface area (Å²) >= 11 is 0. The Hall–Kier alpha value is -3.80. The van der Waals surface area contributed by atoms with Gasteiger partial charge in [0.2, 0.25) is 0 Å². The van der Waals surface area contributed by atoms with Crippen LogP contribution in [0.25, 0.3) is 5.76 Å². The second-order valence-corrected chi connectivity index (χ2v) is 7.33. The van der Waals surface area contributed by atoms with E-state index in [4.69, 9.17) is 0 Å². The number of carbonyl (C=O) groups excluding carboxylic acids is 2. The molecule has 0 saturated carbocycles. The van der Waals surface area contributed by atoms with E-state index in [0.29, 0.717) is 16.8 Å². The van der Waals surface area contributed by atoms with Gasteiger partial charge in [-0.15, -0.1) is 0 Å². The number of pyridine rings is 2. The van der Waals surface area contributed by atoms with Gasteiger partial charge in [0.1, 0.15) is 5.76 Å². The highest BCUT2D eigenvalue weighted by atomic mass is 16.3. The number of aromatic nitrogens is 2. The van der Waals surface area contributed by atoms with Crippen molar-refractivity contribution in [1.82, 2.24) is 14.9 Å². The summed E-state index contributed by atoms with van der Waals surface area (Å²) in [6.07, 6.45) is 4.87. The minimum atomic E-state index is -0.748. The van der Waals surface area contributed by atoms with Crippen molar-refractivity contribution < 1.29 is 14.7 Å². The van der Waals surface area contributed by atoms with Crippen LogP contribution in [0.5, 0.6) is 0 Å². The second-order valence-electron chi connectivity index (χ2n) is 7.33. The van der Waals surface area contributed by atoms with Crippen LogP contribution in [0.1, 0.15) is 34.0 Å². The van der Waals surface area contributed by atoms with E-state index in [0.717, 1.165) is 11.1 Å². The van der Waals surface area contributed by atoms with Crippen LogP contribution in [0.15, 0.2) is 72.7 Å². The van der Waals surface area contributed by atoms with E-state index < -0.39 is 17.7 Å². The predicted molar refractivity (Wildman–Crippen MR) is 112 cm³/mol. The number of aryl methyl sites for hydroxylation is 2. The third-order valence-electron chi connectivity index (χ3n) is 5.38. The number of Topliss-reactive ketones (excluding diaryl/α,β-unsaturated/α-hetero) is 1. The van der Waals surface area contributed by atoms with Crippen LogP contribution in [0.2, 0.25) is 0 Å². The number of amides is 1. The number of nitrogens with zero attached hydrogens (tertiary/aromatic N) is 3. The molecule has 1 aliphatic rings. The first-order valence-electron chi connectivity index (χ1n) is 9.63. The van der Waals surface area contributed by atoms with Gasteiger partial charge in [0, 0.05) is 24.2 Å². The summed E-state index contributed by atoms with van der Waals surface area (Å²) in [7, 11) is 0. The molecule has 6 nitrogen and oxygen atoms in total. The highest BCUT2D eigenvalue weighted by Crippen LogP contribution is 2.40. The summed E-state index contributed by atoms with van der Waals surface area (Å²) in [4.78, 5) is 35.8. The van der Waals surface area contributed by atoms with Crippen LogP contribution < -0.4 is 0 Å². The molecule has 1 unspecified atom stereocenters. The third kappa shape index (κ3) is 3.48. The molecule has 1 atom stereocenters. The number of ketones is 1. The highest BCUT2D eigenvalue weighted by Gasteiger charge is 2.46. The van der Waals surface area contributed by atoms with Crippen molar-refractivity contribution in [1.29, 1.82) is 0 Å². The molecule has 1 N–H and O–H groups in total. The maximum absolute atomic E-state index is 13.0. The molecule has 1 fully saturated rings. The first-order valence-corrected chi connectivity index (χ1v) is 9.63. The highest BCUT2D eigenvalue weighted by molar-refractivity contribution is 6.46. The smallest absolute Gasteiger partial charge is 0.296 e. The van der Waals surface area contributed by atoms with Crippen molar-refractivity contribution in [2.75, 3.05) is 0 Å². The van der Waals surface area contributed by atoms with Gasteiger partial charge in [0.25, 0.3) is 11.7 Å². The Balaban J connectivity index is 1.86. The molecule has 1 amide bonds. The summed E-state index contributed by atoms with van der Waals surface area (Å²) in [5.74, 6) is -1.57. The zero-order valence-corrected chi connectivity index (χ0v) is 16.7. The molecule has 6 heteroatoms. The zero-order chi connectivity index (χ0) is 21.3. The fourth-order valence-electron chi connectivity index (χ4n) is 3.64. The number of aliphatic hydroxyl groups excluding tert-OH is 1. The standard InChI is InChI=1S/C24H21N3O3/c1-15-8-9-17(12-16(15)2)22(28)20-21(18-6-5-10-25-13-18)27(24(30)23(20)29)14-19-7-3-4-11-26-19/h3-13,21,28H,14H2,1-2H3/b22-20-. The van der Waals surface area contributed by atoms with E-state index in [2.05, 4.69) is 9.97 Å². The molecule has 0 spiro atoms. The first-order chi connectivity index (χ1) is 14.5. The molecule has 3 heterocycles. The second kappa shape index (κ2) is 7.91. The van der Waals surface area contributed by atoms with E-state index in [1.54, 1.807) is 48.9 Å². The van der Waals surface area contributed by atoms with Gasteiger partial charge in [-0.05, 0) is 54.8 Å². The number of rotatable bonds is 4. The fraction of sp³-hybridized carbons (Fsp3) is 0.167. The molecule has 0 bridgehead atoms. The van der Waals surface area contributed by atoms with Crippen molar-refractivity contribution in [3.8, 4) is 0 Å². The molecule has 0 radical (unpaired) electrons. The van der Waals surface area contributed by atoms with Crippen LogP contribution in [0, 0.1) is 13.8 Å². The number of benzene rings is 1. The van der Waals surface area contributed by atoms with E-state index in [1.165, 1.54) is 4.90 Å². The average molecular weight is 399 g/mol. The van der Waals surface area contributed by atoms with Crippen molar-refractivity contribution in [2.24, 2.45) is 0 Å². The molecule has 1 saturated heterocycles. The van der Waals surface area contributed by atoms with Crippen LogP contribution in [-0.2, 0) is 16.1 Å². The lowest BCUT2D eigenvalue weighted by molar-refractivity contribution is -0.140. The van der Waals surface area contributed by atoms with Gasteiger partial charge in [-0.3, -0.25) is 19.6 Å². The normalized spacial score (nSPS) is 18.1. The van der Waals surface area contributed by atoms with Crippen LogP contribution in [0.3, 0.4) is 0 Å². The van der Waals surface area contributed by atoms with Crippen LogP contribution in [-0.4, -0.2) is 31.7 Å². The van der Waals surface area contributed by atoms with Crippen LogP contribution in [0.4, 0.5) is 0 Å². The predicted octanol–water partition coefficient (Wildman–Crippen LogP) is 3.72. The van der Waals surface area contributed by atoms with Crippen molar-refractivity contribution in [2.45, 2.75) is 26.4 Å². The molecule has 3 aromatic rings. The fourth-order valence-corrected chi connectivity index (χ4v) is 3.64. The van der Waals surface area contributed by atoms with E-state index in [1.807, 2.05) is 32.0 Å². The lowest BCUT2D eigenvalue weighted by Crippen LogP contribution is -2.29. The average Bonchev–Trinajstić information content (AvgIpc) is 3.01. The Morgan fingerprint density at radius 1 is 1.03 bits per heavy atom. The number of aliphatic hydroxyl groups is 1. The topological polar surface area (TPSA) is 83.4 Å². The van der Waals surface area contributed by atoms with Gasteiger partial charge in [-0.1, -0.05) is 24.3 Å². The molecule has 150 valence electrons. The van der Waals surface area contributed by atoms with Crippen LogP contribution >= 0.6 is 0 Å². The quantitative estimate of drug-likeness (QED) is 0.411. The molecule has 2 aromatic heterocycles. The van der Waals surface area contributed by atoms with Crippen molar-refractivity contribution in [3.05, 3.63) is 101 Å². The maximum atomic E-state index is 13.0. The van der Waals surface area contributed by atoms with Gasteiger partial charge >= 0.3 is 0 Å². The van der Waals surface area contributed by atoms with Crippen molar-refractivity contribution >= 4 is 17.4 Å². The molecule has 1 aromatic carbocycles. The number of likely N-dealkylation sites (tertiary alicyclic amines) is 1. The minimum Gasteiger partial charge on any atom is -0.507 e. The molecule has 1 aliphatic heterocycles. The van der Waals surface area contributed by atoms with E-state index in [9.17, 15) is 14.7 Å². The summed E-state index contributed by atoms with van der Waals surface area (Å²) in [6.45, 7) is 4.06. The lowest BCUT2D eigenvalue weighted by Gasteiger charge is -2.24. The Morgan fingerprint density at radius 3 is 2.53 bits per heavy atom. The van der Waals surface area contributed by atoms with Gasteiger partial charge in [0.15, 0.2) is 0 Å². The Bertz CT molecular complexity index is 1140. The van der Waals surface area contributed by atoms with Gasteiger partial charge in [0.05, 0.1) is 23.9 Å². The van der Waals surface area contributed by atoms with E-state index in [-0.39, 0.29) is 17.9 Å². The largest absolute Gasteiger partial charge is 0.507 e. The Kier molecular flexibility index (Phi) is 5.14. The number of carbonyl (C=O) groups is 2. The molecule has 0 aliphatic carbocycles. The van der Waals surface area contributed by atoms with E-state index >= 15 is 0 Å². The SMILES string of the molecule is Cc1ccc(/C(O)=C2/C(=O)C(=O)N(Cc3ccccn3)C2c2cccnc2)cc1C. The first kappa shape index (κ1) is 19.5. The summed E-state index contributed by atoms with van der Waals surface area (Å²) in [5.41, 5.74) is 3.93. The van der Waals surface area contributed by atoms with Gasteiger partial charge in [-0.25, -0.2) is 0 Å². The van der Waals surface area contributed by atoms with Crippen molar-refractivity contribution in [3.63, 3.8) is 0 Å². The molecule has 4 rings (SSSR count). The monoisotopic (exact) mass is 399 g/mol. The Morgan fingerprint density at radius 2 is 1.87 bits per heavy atom. The lowest BCUT2D eigenvalue weighted by atomic mass is 9.95. The maximum Gasteiger partial charge on any atom is 0.296 e. The molecular weight excluding hydrogens is 378 g/mol. The molecule has 30 heavy (non-hydrogen) atoms. The number of hydrogen-bond donors (Lipinski definition) is 1. The summed E-state index contributed by atoms with van der Waals surface area (Å²) < 4.78 is 0. The van der Waals surface area contributed by atoms with Gasteiger partial charge < -0.3 is 10.0 Å². The number of hydrogen-bond acceptors (Lipinski definition) is 5. The Labute approximate surface area is 174 Å². The summed E-state index contributed by atoms with van der Waals surface area (Å²) in [5, 5.41) is 11.1. The molecular formula is C24H21N3O3. The zero-order valence-electron chi connectivity index (χ0n) is 16.7. The van der Waals surface area contributed by atoms with Gasteiger partial charge in [-0.2, -0.15) is 0 Å². The summed E-state index contributed by atoms with van der Waals surface area (Å²) in [6, 6.07) is 13.7. The third-order valence-corrected chi connectivity index (χ3v) is 5.38.